The highest BCUT2D eigenvalue weighted by atomic mass is 35.5. The number of anilines is 2. The number of nitrogens with one attached hydrogen (secondary N) is 1. The largest absolute Gasteiger partial charge is 0.508 e. The zero-order valence-corrected chi connectivity index (χ0v) is 11.7. The Bertz CT molecular complexity index is 777. The molecule has 21 heavy (non-hydrogen) atoms. The first kappa shape index (κ1) is 13.4. The van der Waals surface area contributed by atoms with E-state index in [-0.39, 0.29) is 5.75 Å². The second-order valence-corrected chi connectivity index (χ2v) is 4.89. The molecule has 0 fully saturated rings. The van der Waals surface area contributed by atoms with Gasteiger partial charge in [0.1, 0.15) is 5.75 Å². The van der Waals surface area contributed by atoms with Crippen LogP contribution < -0.4 is 5.32 Å². The minimum Gasteiger partial charge on any atom is -0.508 e. The van der Waals surface area contributed by atoms with Crippen molar-refractivity contribution in [1.29, 1.82) is 0 Å². The third-order valence-corrected chi connectivity index (χ3v) is 3.11. The van der Waals surface area contributed by atoms with Gasteiger partial charge in [0.05, 0.1) is 5.69 Å². The molecule has 104 valence electrons. The van der Waals surface area contributed by atoms with Crippen LogP contribution in [-0.4, -0.2) is 15.1 Å². The highest BCUT2D eigenvalue weighted by molar-refractivity contribution is 6.30. The lowest BCUT2D eigenvalue weighted by atomic mass is 10.1. The summed E-state index contributed by atoms with van der Waals surface area (Å²) in [5, 5.41) is 13.2. The molecule has 0 aliphatic heterocycles. The summed E-state index contributed by atoms with van der Waals surface area (Å²) in [5.41, 5.74) is 2.41. The highest BCUT2D eigenvalue weighted by Gasteiger charge is 2.03. The zero-order chi connectivity index (χ0) is 14.7. The van der Waals surface area contributed by atoms with Crippen LogP contribution >= 0.6 is 11.6 Å². The quantitative estimate of drug-likeness (QED) is 0.759. The summed E-state index contributed by atoms with van der Waals surface area (Å²) in [5.74, 6) is 0.643. The summed E-state index contributed by atoms with van der Waals surface area (Å²) < 4.78 is 0. The van der Waals surface area contributed by atoms with Crippen molar-refractivity contribution in [3.63, 3.8) is 0 Å². The van der Waals surface area contributed by atoms with E-state index in [9.17, 15) is 5.11 Å². The van der Waals surface area contributed by atoms with Crippen LogP contribution in [-0.2, 0) is 0 Å². The van der Waals surface area contributed by atoms with Crippen molar-refractivity contribution in [1.82, 2.24) is 9.97 Å². The summed E-state index contributed by atoms with van der Waals surface area (Å²) in [7, 11) is 0. The van der Waals surface area contributed by atoms with Crippen LogP contribution in [0.15, 0.2) is 60.8 Å². The molecule has 4 nitrogen and oxygen atoms in total. The Morgan fingerprint density at radius 3 is 2.67 bits per heavy atom. The predicted octanol–water partition coefficient (Wildman–Crippen LogP) is 4.25. The highest BCUT2D eigenvalue weighted by Crippen LogP contribution is 2.23. The van der Waals surface area contributed by atoms with Gasteiger partial charge in [-0.1, -0.05) is 29.8 Å². The Kier molecular flexibility index (Phi) is 3.71. The Morgan fingerprint density at radius 2 is 1.86 bits per heavy atom. The lowest BCUT2D eigenvalue weighted by Gasteiger charge is -2.07. The van der Waals surface area contributed by atoms with Crippen LogP contribution in [0, 0.1) is 0 Å². The van der Waals surface area contributed by atoms with Gasteiger partial charge in [0, 0.05) is 28.5 Å². The van der Waals surface area contributed by atoms with Crippen molar-refractivity contribution in [2.24, 2.45) is 0 Å². The number of halogens is 1. The van der Waals surface area contributed by atoms with Gasteiger partial charge in [0.25, 0.3) is 0 Å². The number of benzene rings is 2. The molecule has 0 aliphatic rings. The fraction of sp³-hybridized carbons (Fsp3) is 0. The molecule has 3 aromatic rings. The molecule has 3 rings (SSSR count). The molecule has 5 heteroatoms. The average molecular weight is 298 g/mol. The first-order chi connectivity index (χ1) is 10.2. The van der Waals surface area contributed by atoms with E-state index in [1.54, 1.807) is 24.4 Å². The van der Waals surface area contributed by atoms with Crippen LogP contribution in [0.3, 0.4) is 0 Å². The van der Waals surface area contributed by atoms with Gasteiger partial charge in [-0.3, -0.25) is 0 Å². The van der Waals surface area contributed by atoms with Gasteiger partial charge in [-0.2, -0.15) is 0 Å². The van der Waals surface area contributed by atoms with Gasteiger partial charge in [0.2, 0.25) is 5.95 Å². The summed E-state index contributed by atoms with van der Waals surface area (Å²) in [6, 6.07) is 16.1. The first-order valence-corrected chi connectivity index (χ1v) is 6.73. The van der Waals surface area contributed by atoms with E-state index in [1.807, 2.05) is 36.4 Å². The number of nitrogens with zero attached hydrogens (tertiary/aromatic N) is 2. The summed E-state index contributed by atoms with van der Waals surface area (Å²) in [6.07, 6.45) is 1.67. The Labute approximate surface area is 127 Å². The summed E-state index contributed by atoms with van der Waals surface area (Å²) in [6.45, 7) is 0. The molecule has 0 unspecified atom stereocenters. The van der Waals surface area contributed by atoms with Crippen LogP contribution in [0.1, 0.15) is 0 Å². The van der Waals surface area contributed by atoms with Crippen LogP contribution in [0.5, 0.6) is 5.75 Å². The second kappa shape index (κ2) is 5.81. The topological polar surface area (TPSA) is 58.0 Å². The molecule has 0 aliphatic carbocycles. The summed E-state index contributed by atoms with van der Waals surface area (Å²) >= 11 is 5.99. The maximum atomic E-state index is 9.46. The molecular formula is C16H12ClN3O. The molecule has 0 saturated heterocycles. The van der Waals surface area contributed by atoms with Crippen molar-refractivity contribution in [3.05, 3.63) is 65.8 Å². The third kappa shape index (κ3) is 3.30. The summed E-state index contributed by atoms with van der Waals surface area (Å²) in [4.78, 5) is 8.62. The van der Waals surface area contributed by atoms with Crippen molar-refractivity contribution in [2.45, 2.75) is 0 Å². The average Bonchev–Trinajstić information content (AvgIpc) is 2.47. The number of aromatic hydroxyl groups is 1. The Hall–Kier alpha value is -2.59. The maximum Gasteiger partial charge on any atom is 0.227 e. The van der Waals surface area contributed by atoms with E-state index >= 15 is 0 Å². The molecule has 0 spiro atoms. The molecule has 2 aromatic carbocycles. The molecule has 0 atom stereocenters. The maximum absolute atomic E-state index is 9.46. The molecule has 1 heterocycles. The van der Waals surface area contributed by atoms with E-state index < -0.39 is 0 Å². The fourth-order valence-corrected chi connectivity index (χ4v) is 2.13. The molecule has 0 bridgehead atoms. The molecule has 1 aromatic heterocycles. The van der Waals surface area contributed by atoms with Gasteiger partial charge < -0.3 is 10.4 Å². The van der Waals surface area contributed by atoms with E-state index in [2.05, 4.69) is 15.3 Å². The predicted molar refractivity (Wildman–Crippen MR) is 83.9 cm³/mol. The second-order valence-electron chi connectivity index (χ2n) is 4.45. The lowest BCUT2D eigenvalue weighted by Crippen LogP contribution is -1.97. The van der Waals surface area contributed by atoms with Gasteiger partial charge in [0.15, 0.2) is 0 Å². The Balaban J connectivity index is 1.90. The molecular weight excluding hydrogens is 286 g/mol. The fourth-order valence-electron chi connectivity index (χ4n) is 1.94. The molecule has 0 radical (unpaired) electrons. The van der Waals surface area contributed by atoms with Crippen LogP contribution in [0.2, 0.25) is 5.02 Å². The molecule has 2 N–H and O–H groups in total. The lowest BCUT2D eigenvalue weighted by molar-refractivity contribution is 0.475. The minimum absolute atomic E-state index is 0.186. The number of phenolic OH excluding ortho intramolecular Hbond substituents is 1. The zero-order valence-electron chi connectivity index (χ0n) is 11.0. The number of hydrogen-bond donors (Lipinski definition) is 2. The third-order valence-electron chi connectivity index (χ3n) is 2.88. The van der Waals surface area contributed by atoms with Gasteiger partial charge in [-0.25, -0.2) is 9.97 Å². The van der Waals surface area contributed by atoms with Gasteiger partial charge in [-0.05, 0) is 30.3 Å². The number of hydrogen-bond acceptors (Lipinski definition) is 4. The van der Waals surface area contributed by atoms with Gasteiger partial charge >= 0.3 is 0 Å². The van der Waals surface area contributed by atoms with Crippen LogP contribution in [0.4, 0.5) is 11.6 Å². The monoisotopic (exact) mass is 297 g/mol. The smallest absolute Gasteiger partial charge is 0.227 e. The van der Waals surface area contributed by atoms with Crippen molar-refractivity contribution in [3.8, 4) is 17.0 Å². The SMILES string of the molecule is Oc1cccc(Nc2nccc(-c3cccc(Cl)c3)n2)c1. The first-order valence-electron chi connectivity index (χ1n) is 6.36. The normalized spacial score (nSPS) is 10.3. The number of aromatic nitrogens is 2. The van der Waals surface area contributed by atoms with E-state index in [1.165, 1.54) is 0 Å². The van der Waals surface area contributed by atoms with E-state index in [0.717, 1.165) is 16.9 Å². The van der Waals surface area contributed by atoms with Crippen molar-refractivity contribution < 1.29 is 5.11 Å². The molecule has 0 saturated carbocycles. The Morgan fingerprint density at radius 1 is 1.00 bits per heavy atom. The minimum atomic E-state index is 0.186. The standard InChI is InChI=1S/C16H12ClN3O/c17-12-4-1-3-11(9-12)15-7-8-18-16(20-15)19-13-5-2-6-14(21)10-13/h1-10,21H,(H,18,19,20). The van der Waals surface area contributed by atoms with E-state index in [4.69, 9.17) is 11.6 Å². The van der Waals surface area contributed by atoms with E-state index in [0.29, 0.717) is 11.0 Å². The van der Waals surface area contributed by atoms with Crippen molar-refractivity contribution in [2.75, 3.05) is 5.32 Å². The van der Waals surface area contributed by atoms with Gasteiger partial charge in [-0.15, -0.1) is 0 Å². The number of rotatable bonds is 3. The number of phenols is 1. The molecule has 0 amide bonds. The van der Waals surface area contributed by atoms with Crippen LogP contribution in [0.25, 0.3) is 11.3 Å². The van der Waals surface area contributed by atoms with Crippen molar-refractivity contribution >= 4 is 23.2 Å².